The average Bonchev–Trinajstić information content (AvgIpc) is 2.22. The largest absolute Gasteiger partial charge is 0.355 e. The number of rotatable bonds is 5. The Labute approximate surface area is 97.8 Å². The third-order valence-electron chi connectivity index (χ3n) is 2.06. The van der Waals surface area contributed by atoms with Gasteiger partial charge in [0.2, 0.25) is 0 Å². The molecule has 1 rings (SSSR count). The Morgan fingerprint density at radius 1 is 1.40 bits per heavy atom. The number of halogens is 1. The molecule has 0 aliphatic carbocycles. The Morgan fingerprint density at radius 3 is 2.53 bits per heavy atom. The summed E-state index contributed by atoms with van der Waals surface area (Å²) in [5.41, 5.74) is -0.128. The molecule has 1 N–H and O–H groups in total. The number of anilines is 1. The topological polar surface area (TPSA) is 49.0 Å². The van der Waals surface area contributed by atoms with Crippen molar-refractivity contribution in [2.75, 3.05) is 18.0 Å². The quantitative estimate of drug-likeness (QED) is 0.895. The van der Waals surface area contributed by atoms with Gasteiger partial charge in [0, 0.05) is 13.1 Å². The molecular weight excluding hydrogens is 258 g/mol. The second kappa shape index (κ2) is 5.90. The molecule has 0 aromatic carbocycles. The minimum Gasteiger partial charge on any atom is -0.355 e. The van der Waals surface area contributed by atoms with E-state index in [0.717, 1.165) is 31.7 Å². The lowest BCUT2D eigenvalue weighted by molar-refractivity contribution is 0.729. The SMILES string of the molecule is CCCN(CCC)c1nc[nH]c(=O)c1Br. The first kappa shape index (κ1) is 12.2. The van der Waals surface area contributed by atoms with E-state index >= 15 is 0 Å². The van der Waals surface area contributed by atoms with Gasteiger partial charge in [-0.3, -0.25) is 4.79 Å². The summed E-state index contributed by atoms with van der Waals surface area (Å²) in [6.07, 6.45) is 3.53. The molecule has 0 unspecified atom stereocenters. The number of hydrogen-bond donors (Lipinski definition) is 1. The summed E-state index contributed by atoms with van der Waals surface area (Å²) < 4.78 is 0.520. The van der Waals surface area contributed by atoms with E-state index in [-0.39, 0.29) is 5.56 Å². The maximum absolute atomic E-state index is 11.4. The maximum atomic E-state index is 11.4. The molecule has 1 aromatic rings. The van der Waals surface area contributed by atoms with E-state index in [9.17, 15) is 4.79 Å². The van der Waals surface area contributed by atoms with Crippen molar-refractivity contribution in [1.82, 2.24) is 9.97 Å². The van der Waals surface area contributed by atoms with Gasteiger partial charge in [0.15, 0.2) is 0 Å². The van der Waals surface area contributed by atoms with Gasteiger partial charge in [-0.2, -0.15) is 0 Å². The molecule has 84 valence electrons. The summed E-state index contributed by atoms with van der Waals surface area (Å²) in [5, 5.41) is 0. The van der Waals surface area contributed by atoms with Crippen molar-refractivity contribution in [3.05, 3.63) is 21.2 Å². The first-order chi connectivity index (χ1) is 7.20. The molecule has 0 aliphatic rings. The Morgan fingerprint density at radius 2 is 2.00 bits per heavy atom. The summed E-state index contributed by atoms with van der Waals surface area (Å²) >= 11 is 3.27. The number of nitrogens with zero attached hydrogens (tertiary/aromatic N) is 2. The van der Waals surface area contributed by atoms with E-state index in [0.29, 0.717) is 4.47 Å². The molecule has 1 aromatic heterocycles. The average molecular weight is 274 g/mol. The Hall–Kier alpha value is -0.840. The molecule has 0 fully saturated rings. The fraction of sp³-hybridized carbons (Fsp3) is 0.600. The summed E-state index contributed by atoms with van der Waals surface area (Å²) in [4.78, 5) is 20.2. The number of H-pyrrole nitrogens is 1. The zero-order valence-electron chi connectivity index (χ0n) is 9.09. The van der Waals surface area contributed by atoms with Gasteiger partial charge in [0.25, 0.3) is 5.56 Å². The first-order valence-electron chi connectivity index (χ1n) is 5.18. The van der Waals surface area contributed by atoms with Gasteiger partial charge in [-0.1, -0.05) is 13.8 Å². The molecular formula is C10H16BrN3O. The molecule has 0 aliphatic heterocycles. The fourth-order valence-corrected chi connectivity index (χ4v) is 1.93. The van der Waals surface area contributed by atoms with Crippen LogP contribution in [0.25, 0.3) is 0 Å². The predicted octanol–water partition coefficient (Wildman–Crippen LogP) is 2.16. The second-order valence-electron chi connectivity index (χ2n) is 3.36. The molecule has 0 bridgehead atoms. The highest BCUT2D eigenvalue weighted by Crippen LogP contribution is 2.19. The highest BCUT2D eigenvalue weighted by Gasteiger charge is 2.11. The van der Waals surface area contributed by atoms with Gasteiger partial charge in [-0.05, 0) is 28.8 Å². The van der Waals surface area contributed by atoms with Crippen LogP contribution in [-0.4, -0.2) is 23.1 Å². The third kappa shape index (κ3) is 3.06. The molecule has 1 heterocycles. The van der Waals surface area contributed by atoms with Crippen molar-refractivity contribution in [1.29, 1.82) is 0 Å². The molecule has 0 saturated heterocycles. The van der Waals surface area contributed by atoms with Gasteiger partial charge in [0.05, 0.1) is 6.33 Å². The van der Waals surface area contributed by atoms with E-state index in [1.165, 1.54) is 6.33 Å². The zero-order valence-corrected chi connectivity index (χ0v) is 10.7. The van der Waals surface area contributed by atoms with Gasteiger partial charge >= 0.3 is 0 Å². The minimum atomic E-state index is -0.128. The minimum absolute atomic E-state index is 0.128. The smallest absolute Gasteiger partial charge is 0.267 e. The number of aromatic nitrogens is 2. The lowest BCUT2D eigenvalue weighted by Gasteiger charge is -2.22. The molecule has 5 heteroatoms. The molecule has 4 nitrogen and oxygen atoms in total. The van der Waals surface area contributed by atoms with E-state index in [2.05, 4.69) is 44.6 Å². The van der Waals surface area contributed by atoms with Crippen LogP contribution >= 0.6 is 15.9 Å². The van der Waals surface area contributed by atoms with Gasteiger partial charge in [-0.15, -0.1) is 0 Å². The highest BCUT2D eigenvalue weighted by atomic mass is 79.9. The molecule has 0 atom stereocenters. The van der Waals surface area contributed by atoms with Crippen LogP contribution in [0.15, 0.2) is 15.6 Å². The van der Waals surface area contributed by atoms with Crippen LogP contribution in [0.3, 0.4) is 0 Å². The van der Waals surface area contributed by atoms with Crippen molar-refractivity contribution >= 4 is 21.7 Å². The van der Waals surface area contributed by atoms with Crippen LogP contribution in [0.5, 0.6) is 0 Å². The number of hydrogen-bond acceptors (Lipinski definition) is 3. The van der Waals surface area contributed by atoms with Crippen LogP contribution in [-0.2, 0) is 0 Å². The zero-order chi connectivity index (χ0) is 11.3. The molecule has 0 amide bonds. The number of nitrogens with one attached hydrogen (secondary N) is 1. The second-order valence-corrected chi connectivity index (χ2v) is 4.15. The maximum Gasteiger partial charge on any atom is 0.267 e. The fourth-order valence-electron chi connectivity index (χ4n) is 1.46. The van der Waals surface area contributed by atoms with Crippen molar-refractivity contribution in [3.8, 4) is 0 Å². The van der Waals surface area contributed by atoms with E-state index < -0.39 is 0 Å². The van der Waals surface area contributed by atoms with Crippen LogP contribution < -0.4 is 10.5 Å². The highest BCUT2D eigenvalue weighted by molar-refractivity contribution is 9.10. The summed E-state index contributed by atoms with van der Waals surface area (Å²) in [7, 11) is 0. The standard InChI is InChI=1S/C10H16BrN3O/c1-3-5-14(6-4-2)9-8(11)10(15)13-7-12-9/h7H,3-6H2,1-2H3,(H,12,13,15). The van der Waals surface area contributed by atoms with Crippen LogP contribution in [0.2, 0.25) is 0 Å². The van der Waals surface area contributed by atoms with Crippen molar-refractivity contribution in [2.45, 2.75) is 26.7 Å². The molecule has 0 radical (unpaired) electrons. The lowest BCUT2D eigenvalue weighted by Crippen LogP contribution is -2.28. The Bertz CT molecular complexity index is 358. The Balaban J connectivity index is 2.99. The van der Waals surface area contributed by atoms with Gasteiger partial charge < -0.3 is 9.88 Å². The Kier molecular flexibility index (Phi) is 4.81. The van der Waals surface area contributed by atoms with Crippen LogP contribution in [0, 0.1) is 0 Å². The van der Waals surface area contributed by atoms with Crippen molar-refractivity contribution < 1.29 is 0 Å². The van der Waals surface area contributed by atoms with E-state index in [1.807, 2.05) is 0 Å². The van der Waals surface area contributed by atoms with E-state index in [1.54, 1.807) is 0 Å². The molecule has 15 heavy (non-hydrogen) atoms. The first-order valence-corrected chi connectivity index (χ1v) is 5.98. The molecule has 0 saturated carbocycles. The van der Waals surface area contributed by atoms with Crippen LogP contribution in [0.1, 0.15) is 26.7 Å². The lowest BCUT2D eigenvalue weighted by atomic mass is 10.3. The van der Waals surface area contributed by atoms with Crippen molar-refractivity contribution in [3.63, 3.8) is 0 Å². The summed E-state index contributed by atoms with van der Waals surface area (Å²) in [5.74, 6) is 0.738. The monoisotopic (exact) mass is 273 g/mol. The third-order valence-corrected chi connectivity index (χ3v) is 2.78. The molecule has 0 spiro atoms. The summed E-state index contributed by atoms with van der Waals surface area (Å²) in [6, 6.07) is 0. The van der Waals surface area contributed by atoms with Gasteiger partial charge in [-0.25, -0.2) is 4.98 Å². The number of aromatic amines is 1. The van der Waals surface area contributed by atoms with E-state index in [4.69, 9.17) is 0 Å². The van der Waals surface area contributed by atoms with Gasteiger partial charge in [0.1, 0.15) is 10.3 Å². The summed E-state index contributed by atoms with van der Waals surface area (Å²) in [6.45, 7) is 6.07. The van der Waals surface area contributed by atoms with Crippen LogP contribution in [0.4, 0.5) is 5.82 Å². The van der Waals surface area contributed by atoms with Crippen molar-refractivity contribution in [2.24, 2.45) is 0 Å². The predicted molar refractivity (Wildman–Crippen MR) is 65.4 cm³/mol. The normalized spacial score (nSPS) is 10.3.